The highest BCUT2D eigenvalue weighted by Crippen LogP contribution is 2.13. The number of hydrogen-bond acceptors (Lipinski definition) is 2. The van der Waals surface area contributed by atoms with Gasteiger partial charge in [0.15, 0.2) is 6.04 Å². The summed E-state index contributed by atoms with van der Waals surface area (Å²) in [4.78, 5) is 23.2. The lowest BCUT2D eigenvalue weighted by Gasteiger charge is -2.14. The lowest BCUT2D eigenvalue weighted by atomic mass is 10.1. The van der Waals surface area contributed by atoms with E-state index in [1.54, 1.807) is 60.7 Å². The van der Waals surface area contributed by atoms with Crippen molar-refractivity contribution in [1.82, 2.24) is 5.32 Å². The van der Waals surface area contributed by atoms with Crippen LogP contribution in [0.5, 0.6) is 0 Å². The van der Waals surface area contributed by atoms with Crippen molar-refractivity contribution >= 4 is 11.9 Å². The Labute approximate surface area is 110 Å². The molecular formula is C15H13NO3. The Morgan fingerprint density at radius 3 is 1.95 bits per heavy atom. The lowest BCUT2D eigenvalue weighted by molar-refractivity contribution is -0.139. The van der Waals surface area contributed by atoms with Crippen molar-refractivity contribution in [1.29, 1.82) is 0 Å². The number of aliphatic carboxylic acids is 1. The SMILES string of the molecule is O=C(N[C@H](C(=O)O)c1ccccc1)c1ccccc1. The van der Waals surface area contributed by atoms with Crippen LogP contribution in [-0.4, -0.2) is 17.0 Å². The van der Waals surface area contributed by atoms with E-state index in [0.29, 0.717) is 11.1 Å². The molecule has 19 heavy (non-hydrogen) atoms. The number of hydrogen-bond donors (Lipinski definition) is 2. The highest BCUT2D eigenvalue weighted by molar-refractivity contribution is 5.96. The fraction of sp³-hybridized carbons (Fsp3) is 0.0667. The number of carbonyl (C=O) groups is 2. The number of nitrogens with one attached hydrogen (secondary N) is 1. The van der Waals surface area contributed by atoms with E-state index in [1.165, 1.54) is 0 Å². The van der Waals surface area contributed by atoms with Crippen molar-refractivity contribution in [3.05, 3.63) is 71.8 Å². The van der Waals surface area contributed by atoms with E-state index >= 15 is 0 Å². The molecule has 2 N–H and O–H groups in total. The molecule has 0 saturated carbocycles. The van der Waals surface area contributed by atoms with E-state index in [0.717, 1.165) is 0 Å². The maximum Gasteiger partial charge on any atom is 0.330 e. The van der Waals surface area contributed by atoms with Gasteiger partial charge in [0.2, 0.25) is 0 Å². The number of carbonyl (C=O) groups excluding carboxylic acids is 1. The minimum Gasteiger partial charge on any atom is -0.479 e. The maximum atomic E-state index is 12.0. The summed E-state index contributed by atoms with van der Waals surface area (Å²) in [6, 6.07) is 16.1. The van der Waals surface area contributed by atoms with Gasteiger partial charge in [0.05, 0.1) is 0 Å². The number of carboxylic acid groups (broad SMARTS) is 1. The molecule has 2 aromatic carbocycles. The summed E-state index contributed by atoms with van der Waals surface area (Å²) < 4.78 is 0. The molecule has 0 heterocycles. The van der Waals surface area contributed by atoms with Crippen molar-refractivity contribution in [2.24, 2.45) is 0 Å². The third-order valence-corrected chi connectivity index (χ3v) is 2.69. The zero-order valence-electron chi connectivity index (χ0n) is 10.1. The Hall–Kier alpha value is -2.62. The number of benzene rings is 2. The molecule has 0 spiro atoms. The first kappa shape index (κ1) is 12.8. The average Bonchev–Trinajstić information content (AvgIpc) is 2.46. The van der Waals surface area contributed by atoms with Gasteiger partial charge in [-0.15, -0.1) is 0 Å². The van der Waals surface area contributed by atoms with Crippen LogP contribution in [-0.2, 0) is 4.79 Å². The minimum atomic E-state index is -1.09. The molecule has 0 bridgehead atoms. The smallest absolute Gasteiger partial charge is 0.330 e. The van der Waals surface area contributed by atoms with Crippen molar-refractivity contribution < 1.29 is 14.7 Å². The molecule has 0 aliphatic rings. The van der Waals surface area contributed by atoms with Crippen molar-refractivity contribution in [2.45, 2.75) is 6.04 Å². The molecule has 2 rings (SSSR count). The average molecular weight is 255 g/mol. The van der Waals surface area contributed by atoms with Gasteiger partial charge in [0.1, 0.15) is 0 Å². The Morgan fingerprint density at radius 2 is 1.42 bits per heavy atom. The second-order valence-corrected chi connectivity index (χ2v) is 4.02. The predicted molar refractivity (Wildman–Crippen MR) is 70.7 cm³/mol. The molecule has 0 fully saturated rings. The van der Waals surface area contributed by atoms with E-state index in [1.807, 2.05) is 0 Å². The van der Waals surface area contributed by atoms with Gasteiger partial charge in [-0.25, -0.2) is 4.79 Å². The van der Waals surface area contributed by atoms with E-state index in [9.17, 15) is 14.7 Å². The Bertz CT molecular complexity index is 566. The monoisotopic (exact) mass is 255 g/mol. The second kappa shape index (κ2) is 5.82. The lowest BCUT2D eigenvalue weighted by Crippen LogP contribution is -2.33. The normalized spacial score (nSPS) is 11.6. The van der Waals surface area contributed by atoms with E-state index in [2.05, 4.69) is 5.32 Å². The summed E-state index contributed by atoms with van der Waals surface area (Å²) in [5.74, 6) is -1.49. The second-order valence-electron chi connectivity index (χ2n) is 4.02. The largest absolute Gasteiger partial charge is 0.479 e. The van der Waals surface area contributed by atoms with Gasteiger partial charge < -0.3 is 10.4 Å². The van der Waals surface area contributed by atoms with E-state index < -0.39 is 17.9 Å². The zero-order chi connectivity index (χ0) is 13.7. The molecule has 1 amide bonds. The van der Waals surface area contributed by atoms with Gasteiger partial charge in [0.25, 0.3) is 5.91 Å². The minimum absolute atomic E-state index is 0.406. The van der Waals surface area contributed by atoms with Crippen LogP contribution < -0.4 is 5.32 Å². The van der Waals surface area contributed by atoms with Crippen LogP contribution in [0.1, 0.15) is 22.0 Å². The third kappa shape index (κ3) is 3.19. The molecule has 4 nitrogen and oxygen atoms in total. The topological polar surface area (TPSA) is 66.4 Å². The van der Waals surface area contributed by atoms with Crippen LogP contribution >= 0.6 is 0 Å². The molecule has 2 aromatic rings. The van der Waals surface area contributed by atoms with Crippen molar-refractivity contribution in [3.63, 3.8) is 0 Å². The molecule has 0 aliphatic carbocycles. The molecular weight excluding hydrogens is 242 g/mol. The Balaban J connectivity index is 2.19. The van der Waals surface area contributed by atoms with Crippen LogP contribution in [0, 0.1) is 0 Å². The van der Waals surface area contributed by atoms with Crippen LogP contribution in [0.15, 0.2) is 60.7 Å². The summed E-state index contributed by atoms with van der Waals surface area (Å²) in [6.45, 7) is 0. The standard InChI is InChI=1S/C15H13NO3/c17-14(12-9-5-2-6-10-12)16-13(15(18)19)11-7-3-1-4-8-11/h1-10,13H,(H,16,17)(H,18,19)/t13-/m0/s1. The van der Waals surface area contributed by atoms with Gasteiger partial charge in [-0.1, -0.05) is 48.5 Å². The van der Waals surface area contributed by atoms with Crippen LogP contribution in [0.25, 0.3) is 0 Å². The fourth-order valence-corrected chi connectivity index (χ4v) is 1.74. The van der Waals surface area contributed by atoms with Gasteiger partial charge in [-0.05, 0) is 17.7 Å². The first-order chi connectivity index (χ1) is 9.18. The first-order valence-corrected chi connectivity index (χ1v) is 5.82. The maximum absolute atomic E-state index is 12.0. The molecule has 0 radical (unpaired) electrons. The quantitative estimate of drug-likeness (QED) is 0.880. The summed E-state index contributed by atoms with van der Waals surface area (Å²) in [6.07, 6.45) is 0. The summed E-state index contributed by atoms with van der Waals surface area (Å²) >= 11 is 0. The fourth-order valence-electron chi connectivity index (χ4n) is 1.74. The van der Waals surface area contributed by atoms with Crippen LogP contribution in [0.3, 0.4) is 0 Å². The summed E-state index contributed by atoms with van der Waals surface area (Å²) in [7, 11) is 0. The molecule has 4 heteroatoms. The van der Waals surface area contributed by atoms with E-state index in [-0.39, 0.29) is 0 Å². The number of amides is 1. The molecule has 0 saturated heterocycles. The zero-order valence-corrected chi connectivity index (χ0v) is 10.1. The Morgan fingerprint density at radius 1 is 0.895 bits per heavy atom. The first-order valence-electron chi connectivity index (χ1n) is 5.82. The van der Waals surface area contributed by atoms with Gasteiger partial charge in [0, 0.05) is 5.56 Å². The van der Waals surface area contributed by atoms with Crippen molar-refractivity contribution in [2.75, 3.05) is 0 Å². The highest BCUT2D eigenvalue weighted by atomic mass is 16.4. The predicted octanol–water partition coefficient (Wildman–Crippen LogP) is 2.24. The summed E-state index contributed by atoms with van der Waals surface area (Å²) in [5.41, 5.74) is 0.976. The molecule has 0 unspecified atom stereocenters. The molecule has 0 aliphatic heterocycles. The molecule has 0 aromatic heterocycles. The van der Waals surface area contributed by atoms with Gasteiger partial charge >= 0.3 is 5.97 Å². The Kier molecular flexibility index (Phi) is 3.93. The van der Waals surface area contributed by atoms with Crippen LogP contribution in [0.2, 0.25) is 0 Å². The molecule has 1 atom stereocenters. The van der Waals surface area contributed by atoms with E-state index in [4.69, 9.17) is 0 Å². The van der Waals surface area contributed by atoms with Crippen LogP contribution in [0.4, 0.5) is 0 Å². The van der Waals surface area contributed by atoms with Gasteiger partial charge in [-0.2, -0.15) is 0 Å². The van der Waals surface area contributed by atoms with Crippen molar-refractivity contribution in [3.8, 4) is 0 Å². The third-order valence-electron chi connectivity index (χ3n) is 2.69. The number of carboxylic acids is 1. The van der Waals surface area contributed by atoms with Gasteiger partial charge in [-0.3, -0.25) is 4.79 Å². The summed E-state index contributed by atoms with van der Waals surface area (Å²) in [5, 5.41) is 11.7. The number of rotatable bonds is 4. The molecule has 96 valence electrons. The highest BCUT2D eigenvalue weighted by Gasteiger charge is 2.22.